The van der Waals surface area contributed by atoms with Crippen molar-refractivity contribution in [1.82, 2.24) is 0 Å². The van der Waals surface area contributed by atoms with Crippen molar-refractivity contribution in [3.8, 4) is 0 Å². The molecule has 0 aromatic heterocycles. The molecule has 0 aliphatic heterocycles. The molecule has 3 nitrogen and oxygen atoms in total. The Balaban J connectivity index is 2.35. The zero-order chi connectivity index (χ0) is 6.69. The topological polar surface area (TPSA) is 58.6 Å². The number of oxime groups is 1. The van der Waals surface area contributed by atoms with Gasteiger partial charge in [-0.3, -0.25) is 0 Å². The van der Waals surface area contributed by atoms with Crippen LogP contribution >= 0.6 is 0 Å². The van der Waals surface area contributed by atoms with Gasteiger partial charge in [-0.2, -0.15) is 0 Å². The van der Waals surface area contributed by atoms with Crippen LogP contribution in [0.1, 0.15) is 25.7 Å². The highest BCUT2D eigenvalue weighted by atomic mass is 16.4. The number of rotatable bonds is 0. The quantitative estimate of drug-likeness (QED) is 0.373. The third kappa shape index (κ3) is 1.68. The minimum Gasteiger partial charge on any atom is -0.411 e. The van der Waals surface area contributed by atoms with Gasteiger partial charge in [0.25, 0.3) is 0 Å². The Morgan fingerprint density at radius 1 is 1.44 bits per heavy atom. The molecule has 0 heterocycles. The fourth-order valence-corrected chi connectivity index (χ4v) is 1.07. The van der Waals surface area contributed by atoms with Crippen molar-refractivity contribution in [2.45, 2.75) is 31.7 Å². The summed E-state index contributed by atoms with van der Waals surface area (Å²) >= 11 is 0. The molecule has 0 aromatic rings. The second-order valence-electron chi connectivity index (χ2n) is 2.50. The molecule has 0 spiro atoms. The minimum atomic E-state index is 0.329. The van der Waals surface area contributed by atoms with Gasteiger partial charge in [0, 0.05) is 6.04 Å². The van der Waals surface area contributed by atoms with E-state index in [1.165, 1.54) is 0 Å². The summed E-state index contributed by atoms with van der Waals surface area (Å²) < 4.78 is 0. The van der Waals surface area contributed by atoms with E-state index in [0.717, 1.165) is 31.4 Å². The van der Waals surface area contributed by atoms with Crippen LogP contribution < -0.4 is 5.73 Å². The van der Waals surface area contributed by atoms with Crippen molar-refractivity contribution in [3.63, 3.8) is 0 Å². The molecule has 52 valence electrons. The first-order valence-electron chi connectivity index (χ1n) is 3.28. The van der Waals surface area contributed by atoms with Crippen molar-refractivity contribution < 1.29 is 5.21 Å². The second kappa shape index (κ2) is 2.82. The molecule has 1 aliphatic rings. The third-order valence-electron chi connectivity index (χ3n) is 1.75. The summed E-state index contributed by atoms with van der Waals surface area (Å²) in [6.07, 6.45) is 3.69. The first-order chi connectivity index (χ1) is 4.33. The first kappa shape index (κ1) is 6.55. The predicted octanol–water partition coefficient (Wildman–Crippen LogP) is 0.718. The fraction of sp³-hybridized carbons (Fsp3) is 0.833. The summed E-state index contributed by atoms with van der Waals surface area (Å²) in [5.74, 6) is 0. The molecular weight excluding hydrogens is 116 g/mol. The van der Waals surface area contributed by atoms with Gasteiger partial charge in [-0.25, -0.2) is 0 Å². The Labute approximate surface area is 54.5 Å². The number of hydrogen-bond donors (Lipinski definition) is 2. The minimum absolute atomic E-state index is 0.329. The summed E-state index contributed by atoms with van der Waals surface area (Å²) in [5.41, 5.74) is 6.51. The fourth-order valence-electron chi connectivity index (χ4n) is 1.07. The van der Waals surface area contributed by atoms with Crippen LogP contribution in [0.3, 0.4) is 0 Å². The van der Waals surface area contributed by atoms with Gasteiger partial charge >= 0.3 is 0 Å². The van der Waals surface area contributed by atoms with Crippen molar-refractivity contribution in [2.24, 2.45) is 10.9 Å². The molecule has 0 saturated heterocycles. The van der Waals surface area contributed by atoms with E-state index in [1.54, 1.807) is 0 Å². The monoisotopic (exact) mass is 128 g/mol. The van der Waals surface area contributed by atoms with E-state index in [1.807, 2.05) is 0 Å². The van der Waals surface area contributed by atoms with Crippen LogP contribution in [0.5, 0.6) is 0 Å². The van der Waals surface area contributed by atoms with E-state index in [4.69, 9.17) is 10.9 Å². The van der Waals surface area contributed by atoms with E-state index in [-0.39, 0.29) is 0 Å². The molecule has 0 bridgehead atoms. The van der Waals surface area contributed by atoms with Crippen molar-refractivity contribution in [2.75, 3.05) is 0 Å². The summed E-state index contributed by atoms with van der Waals surface area (Å²) in [4.78, 5) is 0. The molecular formula is C6H12N2O. The molecule has 0 amide bonds. The highest BCUT2D eigenvalue weighted by Crippen LogP contribution is 2.13. The van der Waals surface area contributed by atoms with Gasteiger partial charge in [-0.15, -0.1) is 0 Å². The zero-order valence-electron chi connectivity index (χ0n) is 5.38. The summed E-state index contributed by atoms with van der Waals surface area (Å²) in [5, 5.41) is 11.5. The summed E-state index contributed by atoms with van der Waals surface area (Å²) in [6.45, 7) is 0. The molecule has 1 rings (SSSR count). The molecule has 0 atom stereocenters. The third-order valence-corrected chi connectivity index (χ3v) is 1.75. The largest absolute Gasteiger partial charge is 0.411 e. The lowest BCUT2D eigenvalue weighted by atomic mass is 9.95. The lowest BCUT2D eigenvalue weighted by Crippen LogP contribution is -2.26. The van der Waals surface area contributed by atoms with Gasteiger partial charge in [0.15, 0.2) is 0 Å². The SMILES string of the molecule is NC1CCC(=NO)CC1. The van der Waals surface area contributed by atoms with Crippen LogP contribution in [0.15, 0.2) is 5.16 Å². The maximum atomic E-state index is 8.32. The average molecular weight is 128 g/mol. The molecule has 1 aliphatic carbocycles. The highest BCUT2D eigenvalue weighted by Gasteiger charge is 2.13. The van der Waals surface area contributed by atoms with Crippen LogP contribution in [-0.2, 0) is 0 Å². The van der Waals surface area contributed by atoms with Gasteiger partial charge in [-0.1, -0.05) is 5.16 Å². The molecule has 1 saturated carbocycles. The van der Waals surface area contributed by atoms with Crippen LogP contribution in [0, 0.1) is 0 Å². The van der Waals surface area contributed by atoms with E-state index in [0.29, 0.717) is 6.04 Å². The van der Waals surface area contributed by atoms with Gasteiger partial charge < -0.3 is 10.9 Å². The maximum Gasteiger partial charge on any atom is 0.0572 e. The first-order valence-corrected chi connectivity index (χ1v) is 3.28. The van der Waals surface area contributed by atoms with E-state index in [9.17, 15) is 0 Å². The second-order valence-corrected chi connectivity index (χ2v) is 2.50. The number of nitrogens with two attached hydrogens (primary N) is 1. The van der Waals surface area contributed by atoms with Gasteiger partial charge in [0.2, 0.25) is 0 Å². The molecule has 3 N–H and O–H groups in total. The highest BCUT2D eigenvalue weighted by molar-refractivity contribution is 5.84. The van der Waals surface area contributed by atoms with Gasteiger partial charge in [-0.05, 0) is 25.7 Å². The Morgan fingerprint density at radius 3 is 2.44 bits per heavy atom. The lowest BCUT2D eigenvalue weighted by molar-refractivity contribution is 0.313. The number of nitrogens with zero attached hydrogens (tertiary/aromatic N) is 1. The Hall–Kier alpha value is -0.570. The van der Waals surface area contributed by atoms with Crippen LogP contribution in [0.2, 0.25) is 0 Å². The molecule has 3 heteroatoms. The van der Waals surface area contributed by atoms with Crippen molar-refractivity contribution in [3.05, 3.63) is 0 Å². The van der Waals surface area contributed by atoms with Crippen molar-refractivity contribution >= 4 is 5.71 Å². The molecule has 9 heavy (non-hydrogen) atoms. The molecule has 0 radical (unpaired) electrons. The number of hydrogen-bond acceptors (Lipinski definition) is 3. The lowest BCUT2D eigenvalue weighted by Gasteiger charge is -2.17. The van der Waals surface area contributed by atoms with Crippen LogP contribution in [0.25, 0.3) is 0 Å². The van der Waals surface area contributed by atoms with Crippen LogP contribution in [-0.4, -0.2) is 17.0 Å². The van der Waals surface area contributed by atoms with E-state index < -0.39 is 0 Å². The summed E-state index contributed by atoms with van der Waals surface area (Å²) in [6, 6.07) is 0.329. The average Bonchev–Trinajstić information content (AvgIpc) is 1.90. The normalized spacial score (nSPS) is 28.1. The standard InChI is InChI=1S/C6H12N2O/c7-5-1-3-6(8-9)4-2-5/h5,9H,1-4,7H2. The maximum absolute atomic E-state index is 8.32. The van der Waals surface area contributed by atoms with Crippen molar-refractivity contribution in [1.29, 1.82) is 0 Å². The molecule has 0 unspecified atom stereocenters. The Kier molecular flexibility index (Phi) is 2.05. The van der Waals surface area contributed by atoms with E-state index >= 15 is 0 Å². The molecule has 1 fully saturated rings. The molecule has 0 aromatic carbocycles. The Morgan fingerprint density at radius 2 is 2.00 bits per heavy atom. The van der Waals surface area contributed by atoms with Gasteiger partial charge in [0.05, 0.1) is 5.71 Å². The zero-order valence-corrected chi connectivity index (χ0v) is 5.38. The smallest absolute Gasteiger partial charge is 0.0572 e. The predicted molar refractivity (Wildman–Crippen MR) is 35.7 cm³/mol. The van der Waals surface area contributed by atoms with Gasteiger partial charge in [0.1, 0.15) is 0 Å². The van der Waals surface area contributed by atoms with Crippen LogP contribution in [0.4, 0.5) is 0 Å². The summed E-state index contributed by atoms with van der Waals surface area (Å²) in [7, 11) is 0. The Bertz CT molecular complexity index is 112. The van der Waals surface area contributed by atoms with E-state index in [2.05, 4.69) is 5.16 Å².